The number of alkyl halides is 3. The zero-order valence-corrected chi connectivity index (χ0v) is 18.3. The topological polar surface area (TPSA) is 54.0 Å². The van der Waals surface area contributed by atoms with Crippen LogP contribution in [0.3, 0.4) is 0 Å². The van der Waals surface area contributed by atoms with Gasteiger partial charge in [-0.2, -0.15) is 22.0 Å². The molecular weight excluding hydrogens is 451 g/mol. The zero-order valence-electron chi connectivity index (χ0n) is 18.3. The summed E-state index contributed by atoms with van der Waals surface area (Å²) >= 11 is 0. The zero-order chi connectivity index (χ0) is 24.6. The summed E-state index contributed by atoms with van der Waals surface area (Å²) in [6.45, 7) is 1.89. The average Bonchev–Trinajstić information content (AvgIpc) is 3.06. The van der Waals surface area contributed by atoms with Gasteiger partial charge in [-0.1, -0.05) is 37.3 Å². The lowest BCUT2D eigenvalue weighted by Crippen LogP contribution is -2.47. The summed E-state index contributed by atoms with van der Waals surface area (Å²) in [5.41, 5.74) is -2.29. The molecule has 1 heterocycles. The maximum Gasteiger partial charge on any atom is 0.417 e. The third-order valence-corrected chi connectivity index (χ3v) is 6.06. The molecule has 0 spiro atoms. The van der Waals surface area contributed by atoms with Crippen molar-refractivity contribution in [3.63, 3.8) is 0 Å². The van der Waals surface area contributed by atoms with Crippen molar-refractivity contribution in [1.82, 2.24) is 0 Å². The van der Waals surface area contributed by atoms with E-state index in [0.29, 0.717) is 5.56 Å². The predicted octanol–water partition coefficient (Wildman–Crippen LogP) is 5.16. The molecular formula is C23H23F5O5. The summed E-state index contributed by atoms with van der Waals surface area (Å²) in [5, 5.41) is 0. The van der Waals surface area contributed by atoms with E-state index >= 15 is 0 Å². The van der Waals surface area contributed by atoms with Crippen molar-refractivity contribution in [3.05, 3.63) is 59.2 Å². The summed E-state index contributed by atoms with van der Waals surface area (Å²) in [5.74, 6) is -7.83. The summed E-state index contributed by atoms with van der Waals surface area (Å²) in [7, 11) is 2.04. The fourth-order valence-corrected chi connectivity index (χ4v) is 4.02. The number of benzene rings is 2. The largest absolute Gasteiger partial charge is 0.493 e. The first-order valence-electron chi connectivity index (χ1n) is 10.0. The minimum absolute atomic E-state index is 0.125. The van der Waals surface area contributed by atoms with Crippen molar-refractivity contribution in [3.8, 4) is 11.5 Å². The first-order valence-corrected chi connectivity index (χ1v) is 10.0. The Hall–Kier alpha value is -2.88. The van der Waals surface area contributed by atoms with Gasteiger partial charge in [-0.15, -0.1) is 0 Å². The minimum atomic E-state index is -4.86. The maximum absolute atomic E-state index is 14.9. The number of methoxy groups -OCH3 is 2. The molecule has 10 heteroatoms. The molecule has 0 aromatic heterocycles. The van der Waals surface area contributed by atoms with Crippen molar-refractivity contribution in [2.24, 2.45) is 5.92 Å². The van der Waals surface area contributed by atoms with Gasteiger partial charge in [0.1, 0.15) is 6.61 Å². The molecule has 3 rings (SSSR count). The highest BCUT2D eigenvalue weighted by molar-refractivity contribution is 5.77. The molecule has 0 saturated carbocycles. The molecule has 1 aliphatic rings. The number of carbonyl (C=O) groups excluding carboxylic acids is 1. The Labute approximate surface area is 187 Å². The highest BCUT2D eigenvalue weighted by atomic mass is 19.4. The fraction of sp³-hybridized carbons (Fsp3) is 0.435. The van der Waals surface area contributed by atoms with Crippen molar-refractivity contribution in [1.29, 1.82) is 0 Å². The number of halogens is 5. The minimum Gasteiger partial charge on any atom is -0.493 e. The van der Waals surface area contributed by atoms with Gasteiger partial charge in [0.15, 0.2) is 23.2 Å². The molecule has 180 valence electrons. The number of ether oxygens (including phenoxy) is 4. The van der Waals surface area contributed by atoms with Crippen LogP contribution in [0.1, 0.15) is 30.9 Å². The van der Waals surface area contributed by atoms with Crippen molar-refractivity contribution < 1.29 is 45.7 Å². The summed E-state index contributed by atoms with van der Waals surface area (Å²) in [4.78, 5) is 12.4. The van der Waals surface area contributed by atoms with Gasteiger partial charge in [0, 0.05) is 17.4 Å². The third-order valence-electron chi connectivity index (χ3n) is 6.06. The molecule has 1 saturated heterocycles. The Morgan fingerprint density at radius 2 is 1.76 bits per heavy atom. The van der Waals surface area contributed by atoms with Crippen molar-refractivity contribution >= 4 is 5.97 Å². The van der Waals surface area contributed by atoms with Gasteiger partial charge in [0.05, 0.1) is 14.2 Å². The highest BCUT2D eigenvalue weighted by Crippen LogP contribution is 2.55. The van der Waals surface area contributed by atoms with Gasteiger partial charge in [0.2, 0.25) is 11.6 Å². The number of rotatable bonds is 6. The van der Waals surface area contributed by atoms with E-state index in [-0.39, 0.29) is 12.2 Å². The van der Waals surface area contributed by atoms with Crippen molar-refractivity contribution in [2.75, 3.05) is 14.2 Å². The van der Waals surface area contributed by atoms with Crippen LogP contribution in [0.15, 0.2) is 36.4 Å². The molecule has 5 nitrogen and oxygen atoms in total. The molecule has 0 radical (unpaired) electrons. The molecule has 0 N–H and O–H groups in total. The average molecular weight is 474 g/mol. The van der Waals surface area contributed by atoms with Crippen molar-refractivity contribution in [2.45, 2.75) is 44.3 Å². The van der Waals surface area contributed by atoms with E-state index in [1.54, 1.807) is 30.3 Å². The monoisotopic (exact) mass is 474 g/mol. The molecule has 0 bridgehead atoms. The lowest BCUT2D eigenvalue weighted by Gasteiger charge is -2.32. The van der Waals surface area contributed by atoms with Crippen LogP contribution in [-0.2, 0) is 20.9 Å². The van der Waals surface area contributed by atoms with E-state index in [1.807, 2.05) is 0 Å². The fourth-order valence-electron chi connectivity index (χ4n) is 4.02. The predicted molar refractivity (Wildman–Crippen MR) is 107 cm³/mol. The van der Waals surface area contributed by atoms with E-state index in [1.165, 1.54) is 6.92 Å². The summed E-state index contributed by atoms with van der Waals surface area (Å²) in [6, 6.07) is 9.67. The van der Waals surface area contributed by atoms with E-state index < -0.39 is 58.8 Å². The van der Waals surface area contributed by atoms with Crippen LogP contribution in [0.25, 0.3) is 0 Å². The SMILES string of the molecule is COC(=O)C1OC(C)(C(F)(F)F)C(C)C1c1cc(OCc2ccccc2)c(F)c(F)c1OC. The number of esters is 1. The third kappa shape index (κ3) is 4.36. The normalized spacial score (nSPS) is 25.1. The molecule has 33 heavy (non-hydrogen) atoms. The molecule has 1 aliphatic heterocycles. The lowest BCUT2D eigenvalue weighted by atomic mass is 9.77. The molecule has 2 aromatic rings. The van der Waals surface area contributed by atoms with E-state index in [4.69, 9.17) is 14.2 Å². The molecule has 2 aromatic carbocycles. The van der Waals surface area contributed by atoms with Crippen LogP contribution < -0.4 is 9.47 Å². The number of carbonyl (C=O) groups is 1. The van der Waals surface area contributed by atoms with Crippen LogP contribution in [0.5, 0.6) is 11.5 Å². The molecule has 0 aliphatic carbocycles. The van der Waals surface area contributed by atoms with E-state index in [0.717, 1.165) is 27.2 Å². The Balaban J connectivity index is 2.11. The maximum atomic E-state index is 14.9. The summed E-state index contributed by atoms with van der Waals surface area (Å²) in [6.07, 6.45) is -6.59. The second-order valence-electron chi connectivity index (χ2n) is 7.88. The van der Waals surface area contributed by atoms with Crippen LogP contribution >= 0.6 is 0 Å². The van der Waals surface area contributed by atoms with Gasteiger partial charge in [-0.3, -0.25) is 0 Å². The first kappa shape index (κ1) is 24.8. The van der Waals surface area contributed by atoms with E-state index in [9.17, 15) is 26.7 Å². The second-order valence-corrected chi connectivity index (χ2v) is 7.88. The van der Waals surface area contributed by atoms with Gasteiger partial charge in [0.25, 0.3) is 0 Å². The van der Waals surface area contributed by atoms with Gasteiger partial charge in [-0.05, 0) is 18.6 Å². The standard InChI is InChI=1S/C23H23F5O5/c1-12-16(20(21(29)31-4)33-22(12,2)23(26,27)28)14-10-15(17(24)18(25)19(14)30-3)32-11-13-8-6-5-7-9-13/h5-10,12,16,20H,11H2,1-4H3. The number of hydrogen-bond donors (Lipinski definition) is 0. The summed E-state index contributed by atoms with van der Waals surface area (Å²) < 4.78 is 91.4. The van der Waals surface area contributed by atoms with Crippen LogP contribution in [-0.4, -0.2) is 38.1 Å². The van der Waals surface area contributed by atoms with Gasteiger partial charge in [-0.25, -0.2) is 4.79 Å². The number of hydrogen-bond acceptors (Lipinski definition) is 5. The quantitative estimate of drug-likeness (QED) is 0.428. The molecule has 4 unspecified atom stereocenters. The van der Waals surface area contributed by atoms with Gasteiger partial charge < -0.3 is 18.9 Å². The molecule has 1 fully saturated rings. The van der Waals surface area contributed by atoms with Crippen LogP contribution in [0.4, 0.5) is 22.0 Å². The second kappa shape index (κ2) is 9.17. The Kier molecular flexibility index (Phi) is 6.88. The molecule has 0 amide bonds. The first-order chi connectivity index (χ1) is 15.5. The van der Waals surface area contributed by atoms with Crippen LogP contribution in [0.2, 0.25) is 0 Å². The van der Waals surface area contributed by atoms with Gasteiger partial charge >= 0.3 is 12.1 Å². The smallest absolute Gasteiger partial charge is 0.417 e. The lowest BCUT2D eigenvalue weighted by molar-refractivity contribution is -0.274. The van der Waals surface area contributed by atoms with E-state index in [2.05, 4.69) is 4.74 Å². The van der Waals surface area contributed by atoms with Crippen LogP contribution in [0, 0.1) is 17.6 Å². The molecule has 4 atom stereocenters. The Morgan fingerprint density at radius 1 is 1.12 bits per heavy atom. The Morgan fingerprint density at radius 3 is 2.30 bits per heavy atom. The highest BCUT2D eigenvalue weighted by Gasteiger charge is 2.66. The Bertz CT molecular complexity index is 1010.